The van der Waals surface area contributed by atoms with Crippen molar-refractivity contribution in [1.82, 2.24) is 4.57 Å². The number of unbranched alkanes of at least 4 members (excludes halogenated alkanes) is 12. The molecule has 5 heteroatoms. The smallest absolute Gasteiger partial charge is 0.308 e. The van der Waals surface area contributed by atoms with Crippen LogP contribution < -0.4 is 17.0 Å². The number of imidazole rings is 1. The van der Waals surface area contributed by atoms with Gasteiger partial charge in [-0.1, -0.05) is 84.0 Å². The molecule has 0 aromatic carbocycles. The van der Waals surface area contributed by atoms with Crippen LogP contribution in [0, 0.1) is 0 Å². The van der Waals surface area contributed by atoms with E-state index in [-0.39, 0.29) is 18.4 Å². The molecule has 0 saturated carbocycles. The van der Waals surface area contributed by atoms with Crippen LogP contribution in [0.4, 0.5) is 0 Å². The summed E-state index contributed by atoms with van der Waals surface area (Å²) in [6.45, 7) is 2.59. The van der Waals surface area contributed by atoms with E-state index in [4.69, 9.17) is 4.74 Å². The van der Waals surface area contributed by atoms with Crippen LogP contribution in [-0.4, -0.2) is 10.5 Å². The highest BCUT2D eigenvalue weighted by molar-refractivity contribution is 5.68. The molecule has 1 heterocycles. The van der Waals surface area contributed by atoms with Crippen LogP contribution in [0.5, 0.6) is 0 Å². The minimum absolute atomic E-state index is 0. The molecule has 1 rings (SSSR count). The molecule has 0 bridgehead atoms. The van der Waals surface area contributed by atoms with Crippen LogP contribution in [0.2, 0.25) is 0 Å². The summed E-state index contributed by atoms with van der Waals surface area (Å²) in [5.41, 5.74) is 0. The molecule has 0 aliphatic rings. The maximum Gasteiger partial charge on any atom is 0.308 e. The minimum Gasteiger partial charge on any atom is -1.00 e. The minimum atomic E-state index is -0.0839. The Hall–Kier alpha value is -1.03. The summed E-state index contributed by atoms with van der Waals surface area (Å²) in [6, 6.07) is 0. The Balaban J connectivity index is 0.00000625. The summed E-state index contributed by atoms with van der Waals surface area (Å²) in [5.74, 6) is -0.0839. The summed E-state index contributed by atoms with van der Waals surface area (Å²) >= 11 is 0. The molecule has 0 fully saturated rings. The number of hydrogen-bond acceptors (Lipinski definition) is 2. The molecule has 152 valence electrons. The number of aryl methyl sites for hydroxylation is 1. The standard InChI is InChI=1S/C21H39N2O2.ClH/c1-3-4-5-6-7-8-9-10-11-12-13-14-15-16-21(24)25-20-23-18-17-22(2)19-23;/h17-19H,3-16,20H2,1-2H3;1H/q+1;/p-1. The van der Waals surface area contributed by atoms with Crippen LogP contribution in [0.3, 0.4) is 0 Å². The summed E-state index contributed by atoms with van der Waals surface area (Å²) in [7, 11) is 1.95. The van der Waals surface area contributed by atoms with Gasteiger partial charge in [0.25, 0.3) is 0 Å². The zero-order valence-corrected chi connectivity index (χ0v) is 17.7. The van der Waals surface area contributed by atoms with Crippen molar-refractivity contribution in [3.8, 4) is 0 Å². The largest absolute Gasteiger partial charge is 1.00 e. The molecular formula is C21H39ClN2O2. The molecule has 26 heavy (non-hydrogen) atoms. The van der Waals surface area contributed by atoms with E-state index in [1.807, 2.05) is 34.9 Å². The molecule has 0 aliphatic heterocycles. The first-order chi connectivity index (χ1) is 12.2. The Kier molecular flexibility index (Phi) is 16.7. The molecule has 1 aromatic heterocycles. The fraction of sp³-hybridized carbons (Fsp3) is 0.810. The molecule has 0 radical (unpaired) electrons. The summed E-state index contributed by atoms with van der Waals surface area (Å²) in [6.07, 6.45) is 23.5. The number of aromatic nitrogens is 2. The van der Waals surface area contributed by atoms with E-state index in [1.54, 1.807) is 0 Å². The van der Waals surface area contributed by atoms with E-state index < -0.39 is 0 Å². The van der Waals surface area contributed by atoms with Crippen molar-refractivity contribution in [2.24, 2.45) is 7.05 Å². The van der Waals surface area contributed by atoms with E-state index in [1.165, 1.54) is 70.6 Å². The van der Waals surface area contributed by atoms with Crippen LogP contribution in [0.25, 0.3) is 0 Å². The summed E-state index contributed by atoms with van der Waals surface area (Å²) in [4.78, 5) is 11.7. The lowest BCUT2D eigenvalue weighted by Crippen LogP contribution is -3.00. The topological polar surface area (TPSA) is 35.1 Å². The van der Waals surface area contributed by atoms with Gasteiger partial charge in [0.15, 0.2) is 0 Å². The fourth-order valence-corrected chi connectivity index (χ4v) is 3.08. The maximum absolute atomic E-state index is 11.7. The molecule has 0 unspecified atom stereocenters. The van der Waals surface area contributed by atoms with Crippen molar-refractivity contribution in [3.63, 3.8) is 0 Å². The SMILES string of the molecule is CCCCCCCCCCCCCCCC(=O)OC[n+]1ccn(C)c1.[Cl-]. The molecule has 0 amide bonds. The highest BCUT2D eigenvalue weighted by Gasteiger charge is 2.05. The Morgan fingerprint density at radius 2 is 1.38 bits per heavy atom. The van der Waals surface area contributed by atoms with Crippen LogP contribution in [0.15, 0.2) is 18.7 Å². The van der Waals surface area contributed by atoms with Crippen LogP contribution >= 0.6 is 0 Å². The average molecular weight is 387 g/mol. The van der Waals surface area contributed by atoms with Crippen LogP contribution in [-0.2, 0) is 23.3 Å². The highest BCUT2D eigenvalue weighted by atomic mass is 35.5. The molecule has 0 saturated heterocycles. The Labute approximate surface area is 166 Å². The van der Waals surface area contributed by atoms with Gasteiger partial charge in [-0.2, -0.15) is 0 Å². The van der Waals surface area contributed by atoms with E-state index in [9.17, 15) is 4.79 Å². The number of carbonyl (C=O) groups is 1. The van der Waals surface area contributed by atoms with Gasteiger partial charge in [0.05, 0.1) is 7.05 Å². The third-order valence-corrected chi connectivity index (χ3v) is 4.68. The van der Waals surface area contributed by atoms with Gasteiger partial charge in [-0.3, -0.25) is 4.79 Å². The second kappa shape index (κ2) is 17.4. The van der Waals surface area contributed by atoms with Gasteiger partial charge in [0.1, 0.15) is 12.4 Å². The molecular weight excluding hydrogens is 348 g/mol. The van der Waals surface area contributed by atoms with E-state index in [2.05, 4.69) is 6.92 Å². The van der Waals surface area contributed by atoms with Gasteiger partial charge >= 0.3 is 5.97 Å². The Morgan fingerprint density at radius 3 is 1.85 bits per heavy atom. The van der Waals surface area contributed by atoms with Crippen molar-refractivity contribution in [1.29, 1.82) is 0 Å². The highest BCUT2D eigenvalue weighted by Crippen LogP contribution is 2.13. The quantitative estimate of drug-likeness (QED) is 0.248. The first-order valence-corrected chi connectivity index (χ1v) is 10.4. The van der Waals surface area contributed by atoms with Gasteiger partial charge in [0, 0.05) is 6.42 Å². The van der Waals surface area contributed by atoms with Gasteiger partial charge in [-0.05, 0) is 6.42 Å². The predicted molar refractivity (Wildman–Crippen MR) is 102 cm³/mol. The van der Waals surface area contributed by atoms with Crippen molar-refractivity contribution in [2.75, 3.05) is 0 Å². The van der Waals surface area contributed by atoms with Gasteiger partial charge < -0.3 is 17.1 Å². The first kappa shape index (κ1) is 25.0. The maximum atomic E-state index is 11.7. The van der Waals surface area contributed by atoms with Crippen molar-refractivity contribution >= 4 is 5.97 Å². The van der Waals surface area contributed by atoms with Crippen molar-refractivity contribution in [3.05, 3.63) is 18.7 Å². The van der Waals surface area contributed by atoms with E-state index >= 15 is 0 Å². The van der Waals surface area contributed by atoms with Crippen molar-refractivity contribution < 1.29 is 26.5 Å². The lowest BCUT2D eigenvalue weighted by Gasteiger charge is -2.04. The zero-order chi connectivity index (χ0) is 18.2. The number of halogens is 1. The first-order valence-electron chi connectivity index (χ1n) is 10.4. The normalized spacial score (nSPS) is 10.5. The Bertz CT molecular complexity index is 449. The lowest BCUT2D eigenvalue weighted by molar-refractivity contribution is -0.727. The van der Waals surface area contributed by atoms with E-state index in [0.29, 0.717) is 13.2 Å². The summed E-state index contributed by atoms with van der Waals surface area (Å²) < 4.78 is 9.05. The third-order valence-electron chi connectivity index (χ3n) is 4.68. The number of ether oxygens (including phenoxy) is 1. The summed E-state index contributed by atoms with van der Waals surface area (Å²) in [5, 5.41) is 0. The second-order valence-electron chi connectivity index (χ2n) is 7.23. The molecule has 4 nitrogen and oxygen atoms in total. The second-order valence-corrected chi connectivity index (χ2v) is 7.23. The number of esters is 1. The number of hydrogen-bond donors (Lipinski definition) is 0. The monoisotopic (exact) mass is 386 g/mol. The number of rotatable bonds is 16. The van der Waals surface area contributed by atoms with Crippen molar-refractivity contribution in [2.45, 2.75) is 104 Å². The van der Waals surface area contributed by atoms with E-state index in [0.717, 1.165) is 12.8 Å². The molecule has 1 aromatic rings. The average Bonchev–Trinajstić information content (AvgIpc) is 3.02. The molecule has 0 atom stereocenters. The Morgan fingerprint density at radius 1 is 0.885 bits per heavy atom. The molecule has 0 N–H and O–H groups in total. The number of nitrogens with zero attached hydrogens (tertiary/aromatic N) is 2. The number of carbonyl (C=O) groups excluding carboxylic acids is 1. The van der Waals surface area contributed by atoms with Crippen LogP contribution in [0.1, 0.15) is 96.8 Å². The zero-order valence-electron chi connectivity index (χ0n) is 16.9. The van der Waals surface area contributed by atoms with Gasteiger partial charge in [-0.25, -0.2) is 9.13 Å². The molecule has 0 spiro atoms. The molecule has 0 aliphatic carbocycles. The van der Waals surface area contributed by atoms with Gasteiger partial charge in [-0.15, -0.1) is 0 Å². The van der Waals surface area contributed by atoms with Gasteiger partial charge in [0.2, 0.25) is 13.1 Å². The lowest BCUT2D eigenvalue weighted by atomic mass is 10.0. The third kappa shape index (κ3) is 14.2. The fourth-order valence-electron chi connectivity index (χ4n) is 3.08. The predicted octanol–water partition coefficient (Wildman–Crippen LogP) is 2.30.